The highest BCUT2D eigenvalue weighted by molar-refractivity contribution is 5.80. The molecule has 0 aromatic heterocycles. The van der Waals surface area contributed by atoms with Gasteiger partial charge in [0, 0.05) is 18.9 Å². The molecule has 1 aliphatic carbocycles. The molecule has 1 aliphatic rings. The van der Waals surface area contributed by atoms with Gasteiger partial charge in [0.25, 0.3) is 0 Å². The van der Waals surface area contributed by atoms with Crippen LogP contribution in [0.4, 0.5) is 4.79 Å². The highest BCUT2D eigenvalue weighted by Crippen LogP contribution is 2.14. The molecule has 1 aromatic rings. The maximum atomic E-state index is 11.5. The fourth-order valence-electron chi connectivity index (χ4n) is 2.08. The molecule has 1 N–H and O–H groups in total. The van der Waals surface area contributed by atoms with Crippen LogP contribution in [0, 0.1) is 0 Å². The number of carbonyl (C=O) groups excluding carboxylic acids is 2. The smallest absolute Gasteiger partial charge is 0.407 e. The van der Waals surface area contributed by atoms with Gasteiger partial charge in [-0.2, -0.15) is 0 Å². The summed E-state index contributed by atoms with van der Waals surface area (Å²) < 4.78 is 5.10. The van der Waals surface area contributed by atoms with Gasteiger partial charge in [0.05, 0.1) is 0 Å². The molecule has 0 saturated heterocycles. The second-order valence-corrected chi connectivity index (χ2v) is 4.54. The Bertz CT molecular complexity index is 416. The van der Waals surface area contributed by atoms with Gasteiger partial charge >= 0.3 is 6.09 Å². The second kappa shape index (κ2) is 6.19. The number of hydrogen-bond acceptors (Lipinski definition) is 3. The Labute approximate surface area is 106 Å². The molecule has 2 rings (SSSR count). The summed E-state index contributed by atoms with van der Waals surface area (Å²) >= 11 is 0. The van der Waals surface area contributed by atoms with E-state index in [1.165, 1.54) is 0 Å². The van der Waals surface area contributed by atoms with Crippen LogP contribution in [0.3, 0.4) is 0 Å². The van der Waals surface area contributed by atoms with E-state index in [9.17, 15) is 9.59 Å². The van der Waals surface area contributed by atoms with Gasteiger partial charge in [-0.1, -0.05) is 30.3 Å². The standard InChI is InChI=1S/C14H17NO3/c16-13-8-4-7-12(9-13)15-14(17)18-10-11-5-2-1-3-6-11/h1-3,5-6,12H,4,7-10H2,(H,15,17)/t12-/m1/s1. The monoisotopic (exact) mass is 247 g/mol. The number of amides is 1. The number of nitrogens with one attached hydrogen (secondary N) is 1. The van der Waals surface area contributed by atoms with Crippen molar-refractivity contribution in [1.29, 1.82) is 0 Å². The zero-order valence-corrected chi connectivity index (χ0v) is 10.2. The first-order chi connectivity index (χ1) is 8.74. The minimum Gasteiger partial charge on any atom is -0.445 e. The van der Waals surface area contributed by atoms with E-state index in [2.05, 4.69) is 5.32 Å². The molecule has 4 nitrogen and oxygen atoms in total. The molecule has 1 atom stereocenters. The van der Waals surface area contributed by atoms with Crippen LogP contribution in [0.1, 0.15) is 31.2 Å². The fraction of sp³-hybridized carbons (Fsp3) is 0.429. The number of ketones is 1. The molecule has 4 heteroatoms. The molecule has 1 aromatic carbocycles. The van der Waals surface area contributed by atoms with Crippen molar-refractivity contribution in [2.75, 3.05) is 0 Å². The van der Waals surface area contributed by atoms with E-state index in [1.807, 2.05) is 30.3 Å². The zero-order valence-electron chi connectivity index (χ0n) is 10.2. The first-order valence-corrected chi connectivity index (χ1v) is 6.23. The summed E-state index contributed by atoms with van der Waals surface area (Å²) in [6.07, 6.45) is 2.32. The molecule has 0 aliphatic heterocycles. The minimum absolute atomic E-state index is 0.0606. The van der Waals surface area contributed by atoms with Crippen LogP contribution in [-0.2, 0) is 16.1 Å². The van der Waals surface area contributed by atoms with Gasteiger partial charge < -0.3 is 10.1 Å². The topological polar surface area (TPSA) is 55.4 Å². The Morgan fingerprint density at radius 2 is 2.11 bits per heavy atom. The normalized spacial score (nSPS) is 19.3. The summed E-state index contributed by atoms with van der Waals surface area (Å²) in [4.78, 5) is 22.8. The highest BCUT2D eigenvalue weighted by Gasteiger charge is 2.21. The van der Waals surface area contributed by atoms with Crippen LogP contribution in [0.15, 0.2) is 30.3 Å². The number of ether oxygens (including phenoxy) is 1. The molecule has 0 radical (unpaired) electrons. The van der Waals surface area contributed by atoms with Crippen molar-refractivity contribution in [2.45, 2.75) is 38.3 Å². The summed E-state index contributed by atoms with van der Waals surface area (Å²) in [5, 5.41) is 2.74. The van der Waals surface area contributed by atoms with Crippen LogP contribution >= 0.6 is 0 Å². The summed E-state index contributed by atoms with van der Waals surface area (Å²) in [7, 11) is 0. The van der Waals surface area contributed by atoms with Crippen molar-refractivity contribution in [3.05, 3.63) is 35.9 Å². The fourth-order valence-corrected chi connectivity index (χ4v) is 2.08. The Morgan fingerprint density at radius 3 is 2.83 bits per heavy atom. The SMILES string of the molecule is O=C1CCC[C@@H](NC(=O)OCc2ccccc2)C1. The number of benzene rings is 1. The Kier molecular flexibility index (Phi) is 4.34. The molecule has 1 amide bonds. The molecule has 18 heavy (non-hydrogen) atoms. The Balaban J connectivity index is 1.73. The molecule has 1 saturated carbocycles. The van der Waals surface area contributed by atoms with Gasteiger partial charge in [-0.3, -0.25) is 4.79 Å². The third kappa shape index (κ3) is 3.87. The molecule has 96 valence electrons. The molecular weight excluding hydrogens is 230 g/mol. The third-order valence-corrected chi connectivity index (χ3v) is 3.02. The van der Waals surface area contributed by atoms with Gasteiger partial charge in [-0.15, -0.1) is 0 Å². The lowest BCUT2D eigenvalue weighted by Gasteiger charge is -2.21. The van der Waals surface area contributed by atoms with Gasteiger partial charge in [0.2, 0.25) is 0 Å². The Hall–Kier alpha value is -1.84. The van der Waals surface area contributed by atoms with E-state index in [0.717, 1.165) is 18.4 Å². The lowest BCUT2D eigenvalue weighted by Crippen LogP contribution is -2.38. The summed E-state index contributed by atoms with van der Waals surface area (Å²) in [5.74, 6) is 0.217. The molecule has 0 heterocycles. The van der Waals surface area contributed by atoms with Gasteiger partial charge in [0.1, 0.15) is 12.4 Å². The molecule has 1 fully saturated rings. The summed E-state index contributed by atoms with van der Waals surface area (Å²) in [6, 6.07) is 9.45. The third-order valence-electron chi connectivity index (χ3n) is 3.02. The molecular formula is C14H17NO3. The first-order valence-electron chi connectivity index (χ1n) is 6.23. The van der Waals surface area contributed by atoms with Crippen molar-refractivity contribution >= 4 is 11.9 Å². The maximum Gasteiger partial charge on any atom is 0.407 e. The molecule has 0 spiro atoms. The van der Waals surface area contributed by atoms with Crippen molar-refractivity contribution < 1.29 is 14.3 Å². The minimum atomic E-state index is -0.446. The summed E-state index contributed by atoms with van der Waals surface area (Å²) in [5.41, 5.74) is 0.951. The van der Waals surface area contributed by atoms with Crippen LogP contribution in [0.25, 0.3) is 0 Å². The predicted octanol–water partition coefficient (Wildman–Crippen LogP) is 2.42. The van der Waals surface area contributed by atoms with E-state index < -0.39 is 6.09 Å². The lowest BCUT2D eigenvalue weighted by molar-refractivity contribution is -0.120. The first kappa shape index (κ1) is 12.6. The van der Waals surface area contributed by atoms with E-state index in [-0.39, 0.29) is 18.4 Å². The number of rotatable bonds is 3. The number of hydrogen-bond donors (Lipinski definition) is 1. The number of alkyl carbamates (subject to hydrolysis) is 1. The number of Topliss-reactive ketones (excluding diaryl/α,β-unsaturated/α-hetero) is 1. The second-order valence-electron chi connectivity index (χ2n) is 4.54. The van der Waals surface area contributed by atoms with E-state index in [4.69, 9.17) is 4.74 Å². The Morgan fingerprint density at radius 1 is 1.33 bits per heavy atom. The predicted molar refractivity (Wildman–Crippen MR) is 67.0 cm³/mol. The average molecular weight is 247 g/mol. The van der Waals surface area contributed by atoms with Crippen LogP contribution < -0.4 is 5.32 Å². The van der Waals surface area contributed by atoms with Crippen molar-refractivity contribution in [1.82, 2.24) is 5.32 Å². The van der Waals surface area contributed by atoms with Gasteiger partial charge in [-0.05, 0) is 18.4 Å². The number of carbonyl (C=O) groups is 2. The van der Waals surface area contributed by atoms with E-state index >= 15 is 0 Å². The van der Waals surface area contributed by atoms with Crippen LogP contribution in [0.5, 0.6) is 0 Å². The maximum absolute atomic E-state index is 11.5. The lowest BCUT2D eigenvalue weighted by atomic mass is 9.94. The van der Waals surface area contributed by atoms with Gasteiger partial charge in [0.15, 0.2) is 0 Å². The average Bonchev–Trinajstić information content (AvgIpc) is 2.38. The zero-order chi connectivity index (χ0) is 12.8. The molecule has 0 unspecified atom stereocenters. The van der Waals surface area contributed by atoms with E-state index in [0.29, 0.717) is 12.8 Å². The van der Waals surface area contributed by atoms with E-state index in [1.54, 1.807) is 0 Å². The van der Waals surface area contributed by atoms with Crippen molar-refractivity contribution in [2.24, 2.45) is 0 Å². The van der Waals surface area contributed by atoms with Crippen LogP contribution in [0.2, 0.25) is 0 Å². The quantitative estimate of drug-likeness (QED) is 0.892. The van der Waals surface area contributed by atoms with Crippen molar-refractivity contribution in [3.8, 4) is 0 Å². The molecule has 0 bridgehead atoms. The van der Waals surface area contributed by atoms with Gasteiger partial charge in [-0.25, -0.2) is 4.79 Å². The highest BCUT2D eigenvalue weighted by atomic mass is 16.5. The van der Waals surface area contributed by atoms with Crippen molar-refractivity contribution in [3.63, 3.8) is 0 Å². The summed E-state index contributed by atoms with van der Waals surface area (Å²) in [6.45, 7) is 0.257. The largest absolute Gasteiger partial charge is 0.445 e. The van der Waals surface area contributed by atoms with Crippen LogP contribution in [-0.4, -0.2) is 17.9 Å².